The zero-order valence-corrected chi connectivity index (χ0v) is 14.0. The molecule has 0 aliphatic heterocycles. The summed E-state index contributed by atoms with van der Waals surface area (Å²) in [6.07, 6.45) is 0. The van der Waals surface area contributed by atoms with E-state index in [4.69, 9.17) is 4.52 Å². The summed E-state index contributed by atoms with van der Waals surface area (Å²) >= 11 is 5.30. The van der Waals surface area contributed by atoms with Crippen molar-refractivity contribution < 1.29 is 4.52 Å². The highest BCUT2D eigenvalue weighted by atomic mass is 79.9. The number of aryl methyl sites for hydroxylation is 1. The van der Waals surface area contributed by atoms with Gasteiger partial charge in [-0.3, -0.25) is 0 Å². The summed E-state index contributed by atoms with van der Waals surface area (Å²) in [6, 6.07) is 10.2. The topological polar surface area (TPSA) is 51.0 Å². The molecule has 0 saturated heterocycles. The summed E-state index contributed by atoms with van der Waals surface area (Å²) in [5.41, 5.74) is 1.89. The highest BCUT2D eigenvalue weighted by Gasteiger charge is 2.15. The van der Waals surface area contributed by atoms with Crippen LogP contribution in [0.4, 0.5) is 5.69 Å². The molecule has 0 aliphatic rings. The standard InChI is InChI=1S/C15H14BrN3OS/c1-9(14-12(16)7-8-21-14)17-13-6-4-3-5-11(13)15-18-10(2)19-20-15/h3-9,17H,1-2H3. The number of nitrogens with one attached hydrogen (secondary N) is 1. The first kappa shape index (κ1) is 14.3. The van der Waals surface area contributed by atoms with Crippen LogP contribution in [-0.2, 0) is 0 Å². The van der Waals surface area contributed by atoms with Gasteiger partial charge in [0.2, 0.25) is 0 Å². The molecule has 1 atom stereocenters. The SMILES string of the molecule is Cc1noc(-c2ccccc2NC(C)c2sccc2Br)n1. The van der Waals surface area contributed by atoms with Gasteiger partial charge in [-0.05, 0) is 53.4 Å². The Morgan fingerprint density at radius 1 is 1.29 bits per heavy atom. The summed E-state index contributed by atoms with van der Waals surface area (Å²) < 4.78 is 6.40. The smallest absolute Gasteiger partial charge is 0.260 e. The molecule has 108 valence electrons. The summed E-state index contributed by atoms with van der Waals surface area (Å²) in [5, 5.41) is 9.45. The molecule has 4 nitrogen and oxygen atoms in total. The van der Waals surface area contributed by atoms with Crippen LogP contribution in [0.1, 0.15) is 23.7 Å². The third-order valence-electron chi connectivity index (χ3n) is 3.10. The summed E-state index contributed by atoms with van der Waals surface area (Å²) in [4.78, 5) is 5.56. The second-order valence-electron chi connectivity index (χ2n) is 4.69. The third-order valence-corrected chi connectivity index (χ3v) is 5.15. The number of nitrogens with zero attached hydrogens (tertiary/aromatic N) is 2. The molecule has 1 aromatic carbocycles. The van der Waals surface area contributed by atoms with Crippen molar-refractivity contribution in [2.75, 3.05) is 5.32 Å². The van der Waals surface area contributed by atoms with Gasteiger partial charge in [0.1, 0.15) is 0 Å². The number of hydrogen-bond acceptors (Lipinski definition) is 5. The lowest BCUT2D eigenvalue weighted by molar-refractivity contribution is 0.425. The molecule has 0 radical (unpaired) electrons. The maximum Gasteiger partial charge on any atom is 0.260 e. The minimum Gasteiger partial charge on any atom is -0.377 e. The Kier molecular flexibility index (Phi) is 4.07. The number of benzene rings is 1. The molecule has 0 fully saturated rings. The minimum atomic E-state index is 0.185. The van der Waals surface area contributed by atoms with Crippen molar-refractivity contribution in [2.45, 2.75) is 19.9 Å². The Labute approximate surface area is 135 Å². The highest BCUT2D eigenvalue weighted by Crippen LogP contribution is 2.34. The average molecular weight is 364 g/mol. The van der Waals surface area contributed by atoms with Crippen molar-refractivity contribution in [1.29, 1.82) is 0 Å². The van der Waals surface area contributed by atoms with Gasteiger partial charge in [0.15, 0.2) is 5.82 Å². The number of thiophene rings is 1. The lowest BCUT2D eigenvalue weighted by Gasteiger charge is -2.16. The Hall–Kier alpha value is -1.66. The molecule has 1 N–H and O–H groups in total. The van der Waals surface area contributed by atoms with Crippen molar-refractivity contribution in [3.63, 3.8) is 0 Å². The molecule has 3 rings (SSSR count). The molecule has 0 saturated carbocycles. The van der Waals surface area contributed by atoms with Crippen LogP contribution in [0.3, 0.4) is 0 Å². The van der Waals surface area contributed by atoms with Gasteiger partial charge < -0.3 is 9.84 Å². The minimum absolute atomic E-state index is 0.185. The van der Waals surface area contributed by atoms with Crippen LogP contribution in [0.15, 0.2) is 44.7 Å². The van der Waals surface area contributed by atoms with E-state index in [0.29, 0.717) is 11.7 Å². The second kappa shape index (κ2) is 5.99. The zero-order valence-electron chi connectivity index (χ0n) is 11.6. The van der Waals surface area contributed by atoms with E-state index in [0.717, 1.165) is 15.7 Å². The lowest BCUT2D eigenvalue weighted by Crippen LogP contribution is -2.06. The molecule has 0 bridgehead atoms. The van der Waals surface area contributed by atoms with Crippen LogP contribution in [0.5, 0.6) is 0 Å². The van der Waals surface area contributed by atoms with Gasteiger partial charge in [-0.15, -0.1) is 11.3 Å². The van der Waals surface area contributed by atoms with Gasteiger partial charge in [-0.25, -0.2) is 0 Å². The monoisotopic (exact) mass is 363 g/mol. The number of rotatable bonds is 4. The highest BCUT2D eigenvalue weighted by molar-refractivity contribution is 9.10. The lowest BCUT2D eigenvalue weighted by atomic mass is 10.1. The second-order valence-corrected chi connectivity index (χ2v) is 6.49. The molecule has 2 aromatic heterocycles. The molecule has 0 aliphatic carbocycles. The number of aromatic nitrogens is 2. The molecule has 2 heterocycles. The van der Waals surface area contributed by atoms with E-state index in [9.17, 15) is 0 Å². The maximum atomic E-state index is 5.28. The van der Waals surface area contributed by atoms with Crippen molar-refractivity contribution >= 4 is 33.0 Å². The number of hydrogen-bond donors (Lipinski definition) is 1. The fourth-order valence-electron chi connectivity index (χ4n) is 2.12. The van der Waals surface area contributed by atoms with Gasteiger partial charge in [0.05, 0.1) is 11.6 Å². The van der Waals surface area contributed by atoms with Crippen molar-refractivity contribution in [3.8, 4) is 11.5 Å². The first-order valence-electron chi connectivity index (χ1n) is 6.54. The van der Waals surface area contributed by atoms with E-state index in [-0.39, 0.29) is 6.04 Å². The maximum absolute atomic E-state index is 5.28. The third kappa shape index (κ3) is 3.01. The van der Waals surface area contributed by atoms with Gasteiger partial charge in [-0.2, -0.15) is 4.98 Å². The van der Waals surface area contributed by atoms with Crippen LogP contribution in [0, 0.1) is 6.92 Å². The first-order valence-corrected chi connectivity index (χ1v) is 8.21. The fourth-order valence-corrected chi connectivity index (χ4v) is 3.84. The number of para-hydroxylation sites is 1. The van der Waals surface area contributed by atoms with E-state index in [1.54, 1.807) is 11.3 Å². The molecule has 0 spiro atoms. The van der Waals surface area contributed by atoms with Crippen LogP contribution in [0.2, 0.25) is 0 Å². The van der Waals surface area contributed by atoms with E-state index >= 15 is 0 Å². The van der Waals surface area contributed by atoms with Crippen molar-refractivity contribution in [3.05, 3.63) is 50.9 Å². The van der Waals surface area contributed by atoms with Gasteiger partial charge in [0, 0.05) is 15.0 Å². The van der Waals surface area contributed by atoms with Crippen molar-refractivity contribution in [2.24, 2.45) is 0 Å². The number of anilines is 1. The quantitative estimate of drug-likeness (QED) is 0.705. The van der Waals surface area contributed by atoms with Crippen LogP contribution in [0.25, 0.3) is 11.5 Å². The molecule has 6 heteroatoms. The zero-order chi connectivity index (χ0) is 14.8. The summed E-state index contributed by atoms with van der Waals surface area (Å²) in [6.45, 7) is 3.95. The Morgan fingerprint density at radius 3 is 2.76 bits per heavy atom. The van der Waals surface area contributed by atoms with E-state index in [2.05, 4.69) is 49.8 Å². The van der Waals surface area contributed by atoms with Crippen molar-refractivity contribution in [1.82, 2.24) is 10.1 Å². The Balaban J connectivity index is 1.91. The van der Waals surface area contributed by atoms with E-state index < -0.39 is 0 Å². The molecule has 21 heavy (non-hydrogen) atoms. The van der Waals surface area contributed by atoms with Crippen LogP contribution in [-0.4, -0.2) is 10.1 Å². The Bertz CT molecular complexity index is 753. The predicted molar refractivity (Wildman–Crippen MR) is 88.5 cm³/mol. The fraction of sp³-hybridized carbons (Fsp3) is 0.200. The molecular formula is C15H14BrN3OS. The van der Waals surface area contributed by atoms with Crippen LogP contribution < -0.4 is 5.32 Å². The largest absolute Gasteiger partial charge is 0.377 e. The first-order chi connectivity index (χ1) is 10.1. The molecule has 3 aromatic rings. The van der Waals surface area contributed by atoms with Gasteiger partial charge in [-0.1, -0.05) is 17.3 Å². The normalized spacial score (nSPS) is 12.3. The van der Waals surface area contributed by atoms with E-state index in [1.165, 1.54) is 4.88 Å². The molecule has 0 amide bonds. The van der Waals surface area contributed by atoms with E-state index in [1.807, 2.05) is 31.2 Å². The molecular weight excluding hydrogens is 350 g/mol. The van der Waals surface area contributed by atoms with Gasteiger partial charge in [0.25, 0.3) is 5.89 Å². The predicted octanol–water partition coefficient (Wildman–Crippen LogP) is 5.04. The number of halogens is 1. The van der Waals surface area contributed by atoms with Gasteiger partial charge >= 0.3 is 0 Å². The Morgan fingerprint density at radius 2 is 2.10 bits per heavy atom. The summed E-state index contributed by atoms with van der Waals surface area (Å²) in [5.74, 6) is 1.17. The van der Waals surface area contributed by atoms with Crippen LogP contribution >= 0.6 is 27.3 Å². The molecule has 1 unspecified atom stereocenters. The summed E-state index contributed by atoms with van der Waals surface area (Å²) in [7, 11) is 0. The average Bonchev–Trinajstić information content (AvgIpc) is 3.08.